The summed E-state index contributed by atoms with van der Waals surface area (Å²) in [6, 6.07) is 16.3. The second-order valence-corrected chi connectivity index (χ2v) is 4.38. The fourth-order valence-electron chi connectivity index (χ4n) is 1.93. The first-order valence-corrected chi connectivity index (χ1v) is 5.94. The molecule has 18 heavy (non-hydrogen) atoms. The molecule has 0 saturated heterocycles. The highest BCUT2D eigenvalue weighted by atomic mass is 19.1. The molecule has 2 aromatic carbocycles. The topological polar surface area (TPSA) is 29.3 Å². The van der Waals surface area contributed by atoms with E-state index in [1.165, 1.54) is 12.1 Å². The molecule has 2 nitrogen and oxygen atoms in total. The Hall–Kier alpha value is -1.87. The third kappa shape index (κ3) is 3.08. The number of nitrogens with zero attached hydrogens (tertiary/aromatic N) is 1. The maximum absolute atomic E-state index is 13.1. The molecule has 0 aromatic heterocycles. The van der Waals surface area contributed by atoms with E-state index in [0.717, 1.165) is 11.3 Å². The summed E-state index contributed by atoms with van der Waals surface area (Å²) in [6.07, 6.45) is 0. The van der Waals surface area contributed by atoms with Gasteiger partial charge in [0, 0.05) is 25.3 Å². The van der Waals surface area contributed by atoms with Crippen molar-refractivity contribution < 1.29 is 4.39 Å². The minimum absolute atomic E-state index is 0.203. The number of anilines is 1. The Balaban J connectivity index is 2.05. The highest BCUT2D eigenvalue weighted by Gasteiger charge is 2.10. The molecule has 94 valence electrons. The fraction of sp³-hybridized carbons (Fsp3) is 0.200. The van der Waals surface area contributed by atoms with Gasteiger partial charge in [-0.2, -0.15) is 0 Å². The van der Waals surface area contributed by atoms with Crippen LogP contribution in [0.25, 0.3) is 0 Å². The normalized spacial score (nSPS) is 12.2. The Kier molecular flexibility index (Phi) is 3.95. The zero-order valence-corrected chi connectivity index (χ0v) is 10.4. The Morgan fingerprint density at radius 2 is 1.83 bits per heavy atom. The first-order chi connectivity index (χ1) is 8.66. The van der Waals surface area contributed by atoms with Gasteiger partial charge in [0.1, 0.15) is 5.82 Å². The van der Waals surface area contributed by atoms with Crippen molar-refractivity contribution in [2.75, 3.05) is 18.5 Å². The molecule has 0 heterocycles. The van der Waals surface area contributed by atoms with Crippen molar-refractivity contribution >= 4 is 5.69 Å². The lowest BCUT2D eigenvalue weighted by Crippen LogP contribution is -2.28. The summed E-state index contributed by atoms with van der Waals surface area (Å²) in [7, 11) is 1.98. The van der Waals surface area contributed by atoms with E-state index < -0.39 is 0 Å². The summed E-state index contributed by atoms with van der Waals surface area (Å²) in [5, 5.41) is 0. The largest absolute Gasteiger partial charge is 0.373 e. The summed E-state index contributed by atoms with van der Waals surface area (Å²) >= 11 is 0. The quantitative estimate of drug-likeness (QED) is 0.896. The molecule has 0 saturated carbocycles. The standard InChI is InChI=1S/C15H17FN2/c1-18(14-8-3-2-4-9-14)11-15(17)12-6-5-7-13(16)10-12/h2-10,15H,11,17H2,1H3. The van der Waals surface area contributed by atoms with Crippen LogP contribution in [0.3, 0.4) is 0 Å². The first kappa shape index (κ1) is 12.6. The van der Waals surface area contributed by atoms with Gasteiger partial charge in [-0.3, -0.25) is 0 Å². The Labute approximate surface area is 107 Å². The van der Waals surface area contributed by atoms with Crippen LogP contribution in [0.2, 0.25) is 0 Å². The number of likely N-dealkylation sites (N-methyl/N-ethyl adjacent to an activating group) is 1. The maximum atomic E-state index is 13.1. The molecule has 0 bridgehead atoms. The summed E-state index contributed by atoms with van der Waals surface area (Å²) in [5.74, 6) is -0.245. The van der Waals surface area contributed by atoms with E-state index >= 15 is 0 Å². The van der Waals surface area contributed by atoms with E-state index in [0.29, 0.717) is 6.54 Å². The molecule has 1 unspecified atom stereocenters. The average Bonchev–Trinajstić information content (AvgIpc) is 2.39. The zero-order valence-electron chi connectivity index (χ0n) is 10.4. The molecule has 3 heteroatoms. The first-order valence-electron chi connectivity index (χ1n) is 5.94. The van der Waals surface area contributed by atoms with Crippen molar-refractivity contribution in [2.24, 2.45) is 5.73 Å². The van der Waals surface area contributed by atoms with Gasteiger partial charge in [-0.05, 0) is 29.8 Å². The van der Waals surface area contributed by atoms with Crippen LogP contribution in [-0.2, 0) is 0 Å². The molecule has 0 aliphatic carbocycles. The molecule has 2 N–H and O–H groups in total. The van der Waals surface area contributed by atoms with Crippen molar-refractivity contribution in [1.29, 1.82) is 0 Å². The number of para-hydroxylation sites is 1. The van der Waals surface area contributed by atoms with Crippen molar-refractivity contribution in [2.45, 2.75) is 6.04 Å². The van der Waals surface area contributed by atoms with E-state index in [1.807, 2.05) is 43.4 Å². The van der Waals surface area contributed by atoms with Crippen LogP contribution >= 0.6 is 0 Å². The third-order valence-electron chi connectivity index (χ3n) is 2.94. The number of benzene rings is 2. The van der Waals surface area contributed by atoms with E-state index in [1.54, 1.807) is 6.07 Å². The molecule has 0 spiro atoms. The Bertz CT molecular complexity index is 499. The van der Waals surface area contributed by atoms with E-state index in [4.69, 9.17) is 5.73 Å². The van der Waals surface area contributed by atoms with Crippen LogP contribution in [0.1, 0.15) is 11.6 Å². The van der Waals surface area contributed by atoms with Crippen LogP contribution in [-0.4, -0.2) is 13.6 Å². The minimum Gasteiger partial charge on any atom is -0.373 e. The molecular weight excluding hydrogens is 227 g/mol. The number of halogens is 1. The van der Waals surface area contributed by atoms with E-state index in [-0.39, 0.29) is 11.9 Å². The smallest absolute Gasteiger partial charge is 0.123 e. The number of nitrogens with two attached hydrogens (primary N) is 1. The monoisotopic (exact) mass is 244 g/mol. The second kappa shape index (κ2) is 5.65. The highest BCUT2D eigenvalue weighted by molar-refractivity contribution is 5.45. The SMILES string of the molecule is CN(CC(N)c1cccc(F)c1)c1ccccc1. The van der Waals surface area contributed by atoms with Gasteiger partial charge >= 0.3 is 0 Å². The molecule has 0 aliphatic rings. The van der Waals surface area contributed by atoms with Crippen LogP contribution in [0.4, 0.5) is 10.1 Å². The summed E-state index contributed by atoms with van der Waals surface area (Å²) in [6.45, 7) is 0.646. The lowest BCUT2D eigenvalue weighted by molar-refractivity contribution is 0.618. The Morgan fingerprint density at radius 1 is 1.11 bits per heavy atom. The average molecular weight is 244 g/mol. The number of rotatable bonds is 4. The van der Waals surface area contributed by atoms with E-state index in [9.17, 15) is 4.39 Å². The van der Waals surface area contributed by atoms with Gasteiger partial charge in [-0.15, -0.1) is 0 Å². The van der Waals surface area contributed by atoms with Gasteiger partial charge in [0.05, 0.1) is 0 Å². The molecule has 0 aliphatic heterocycles. The summed E-state index contributed by atoms with van der Waals surface area (Å²) in [4.78, 5) is 2.07. The highest BCUT2D eigenvalue weighted by Crippen LogP contribution is 2.17. The molecular formula is C15H17FN2. The van der Waals surface area contributed by atoms with E-state index in [2.05, 4.69) is 4.90 Å². The van der Waals surface area contributed by atoms with Crippen LogP contribution in [0.5, 0.6) is 0 Å². The maximum Gasteiger partial charge on any atom is 0.123 e. The molecule has 2 aromatic rings. The van der Waals surface area contributed by atoms with Gasteiger partial charge in [0.15, 0.2) is 0 Å². The van der Waals surface area contributed by atoms with Gasteiger partial charge in [0.25, 0.3) is 0 Å². The van der Waals surface area contributed by atoms with Gasteiger partial charge in [-0.1, -0.05) is 30.3 Å². The number of hydrogen-bond donors (Lipinski definition) is 1. The van der Waals surface area contributed by atoms with Crippen molar-refractivity contribution in [3.63, 3.8) is 0 Å². The van der Waals surface area contributed by atoms with Crippen LogP contribution < -0.4 is 10.6 Å². The fourth-order valence-corrected chi connectivity index (χ4v) is 1.93. The predicted octanol–water partition coefficient (Wildman–Crippen LogP) is 2.96. The van der Waals surface area contributed by atoms with Gasteiger partial charge in [-0.25, -0.2) is 4.39 Å². The second-order valence-electron chi connectivity index (χ2n) is 4.38. The summed E-state index contributed by atoms with van der Waals surface area (Å²) < 4.78 is 13.1. The zero-order chi connectivity index (χ0) is 13.0. The lowest BCUT2D eigenvalue weighted by atomic mass is 10.1. The third-order valence-corrected chi connectivity index (χ3v) is 2.94. The lowest BCUT2D eigenvalue weighted by Gasteiger charge is -2.23. The Morgan fingerprint density at radius 3 is 2.50 bits per heavy atom. The van der Waals surface area contributed by atoms with Crippen molar-refractivity contribution in [3.8, 4) is 0 Å². The molecule has 0 fully saturated rings. The minimum atomic E-state index is -0.245. The van der Waals surface area contributed by atoms with Crippen molar-refractivity contribution in [3.05, 3.63) is 66.0 Å². The molecule has 0 amide bonds. The number of hydrogen-bond acceptors (Lipinski definition) is 2. The van der Waals surface area contributed by atoms with Crippen molar-refractivity contribution in [1.82, 2.24) is 0 Å². The molecule has 1 atom stereocenters. The predicted molar refractivity (Wildman–Crippen MR) is 73.0 cm³/mol. The molecule has 2 rings (SSSR count). The van der Waals surface area contributed by atoms with Gasteiger partial charge < -0.3 is 10.6 Å². The van der Waals surface area contributed by atoms with Gasteiger partial charge in [0.2, 0.25) is 0 Å². The van der Waals surface area contributed by atoms with Crippen LogP contribution in [0.15, 0.2) is 54.6 Å². The molecule has 0 radical (unpaired) electrons. The van der Waals surface area contributed by atoms with Crippen LogP contribution in [0, 0.1) is 5.82 Å². The summed E-state index contributed by atoms with van der Waals surface area (Å²) in [5.41, 5.74) is 8.01.